The minimum Gasteiger partial charge on any atom is -0.508 e. The Labute approximate surface area is 143 Å². The van der Waals surface area contributed by atoms with E-state index < -0.39 is 0 Å². The lowest BCUT2D eigenvalue weighted by molar-refractivity contribution is -0.00515. The first-order chi connectivity index (χ1) is 11.8. The number of aromatic hydroxyl groups is 1. The third-order valence-corrected chi connectivity index (χ3v) is 4.55. The number of aromatic nitrogens is 2. The summed E-state index contributed by atoms with van der Waals surface area (Å²) in [4.78, 5) is 9.56. The van der Waals surface area contributed by atoms with Gasteiger partial charge in [0.05, 0.1) is 24.7 Å². The number of hydrogen-bond donors (Lipinski definition) is 2. The molecule has 3 rings (SSSR count). The van der Waals surface area contributed by atoms with Crippen molar-refractivity contribution >= 4 is 0 Å². The summed E-state index contributed by atoms with van der Waals surface area (Å²) in [6, 6.07) is 5.76. The van der Waals surface area contributed by atoms with Gasteiger partial charge in [0.25, 0.3) is 0 Å². The van der Waals surface area contributed by atoms with Crippen LogP contribution >= 0.6 is 0 Å². The monoisotopic (exact) mass is 327 g/mol. The van der Waals surface area contributed by atoms with Crippen molar-refractivity contribution in [3.05, 3.63) is 60.2 Å². The van der Waals surface area contributed by atoms with Gasteiger partial charge in [-0.1, -0.05) is 18.2 Å². The normalized spacial score (nSPS) is 16.3. The fourth-order valence-corrected chi connectivity index (χ4v) is 3.20. The Bertz CT molecular complexity index is 647. The van der Waals surface area contributed by atoms with Crippen LogP contribution in [0.2, 0.25) is 0 Å². The molecule has 1 saturated heterocycles. The Morgan fingerprint density at radius 1 is 1.38 bits per heavy atom. The zero-order valence-electron chi connectivity index (χ0n) is 13.9. The first kappa shape index (κ1) is 16.7. The molecule has 0 bridgehead atoms. The summed E-state index contributed by atoms with van der Waals surface area (Å²) in [5, 5.41) is 10.1. The summed E-state index contributed by atoms with van der Waals surface area (Å²) in [5.74, 6) is 0.365. The molecule has 2 N–H and O–H groups in total. The highest BCUT2D eigenvalue weighted by Gasteiger charge is 2.21. The Morgan fingerprint density at radius 3 is 2.92 bits per heavy atom. The van der Waals surface area contributed by atoms with E-state index in [1.54, 1.807) is 12.4 Å². The molecule has 5 heteroatoms. The molecular weight excluding hydrogens is 302 g/mol. The molecule has 24 heavy (non-hydrogen) atoms. The van der Waals surface area contributed by atoms with Crippen molar-refractivity contribution in [3.8, 4) is 5.75 Å². The Kier molecular flexibility index (Phi) is 5.67. The van der Waals surface area contributed by atoms with Crippen molar-refractivity contribution in [2.75, 3.05) is 13.1 Å². The highest BCUT2D eigenvalue weighted by atomic mass is 16.5. The van der Waals surface area contributed by atoms with Crippen LogP contribution in [0.5, 0.6) is 5.75 Å². The number of nitrogens with one attached hydrogen (secondary N) is 1. The minimum atomic E-state index is 0.301. The van der Waals surface area contributed by atoms with Gasteiger partial charge in [-0.15, -0.1) is 6.58 Å². The molecule has 0 unspecified atom stereocenters. The summed E-state index contributed by atoms with van der Waals surface area (Å²) >= 11 is 0. The van der Waals surface area contributed by atoms with Crippen LogP contribution in [0.4, 0.5) is 0 Å². The summed E-state index contributed by atoms with van der Waals surface area (Å²) in [6.45, 7) is 7.24. The van der Waals surface area contributed by atoms with Crippen molar-refractivity contribution in [1.29, 1.82) is 0 Å². The van der Waals surface area contributed by atoms with Gasteiger partial charge in [-0.25, -0.2) is 4.98 Å². The largest absolute Gasteiger partial charge is 0.508 e. The van der Waals surface area contributed by atoms with E-state index in [9.17, 15) is 5.11 Å². The number of nitrogens with zero attached hydrogens (tertiary/aromatic N) is 2. The maximum Gasteiger partial charge on any atom is 0.119 e. The van der Waals surface area contributed by atoms with Crippen LogP contribution in [0, 0.1) is 0 Å². The number of phenols is 1. The fourth-order valence-electron chi connectivity index (χ4n) is 3.20. The van der Waals surface area contributed by atoms with E-state index >= 15 is 0 Å². The van der Waals surface area contributed by atoms with Gasteiger partial charge in [-0.05, 0) is 30.9 Å². The van der Waals surface area contributed by atoms with E-state index in [2.05, 4.69) is 27.5 Å². The number of allylic oxidation sites excluding steroid dienone is 1. The van der Waals surface area contributed by atoms with Crippen molar-refractivity contribution in [1.82, 2.24) is 14.9 Å². The second kappa shape index (κ2) is 8.13. The van der Waals surface area contributed by atoms with Crippen molar-refractivity contribution < 1.29 is 9.84 Å². The number of likely N-dealkylation sites (tertiary alicyclic amines) is 1. The van der Waals surface area contributed by atoms with Crippen LogP contribution in [-0.4, -0.2) is 39.2 Å². The van der Waals surface area contributed by atoms with Gasteiger partial charge in [-0.2, -0.15) is 0 Å². The average Bonchev–Trinajstić information content (AvgIpc) is 3.11. The molecule has 0 amide bonds. The van der Waals surface area contributed by atoms with Crippen LogP contribution < -0.4 is 0 Å². The molecule has 1 fully saturated rings. The van der Waals surface area contributed by atoms with E-state index in [1.807, 2.05) is 18.3 Å². The molecule has 1 aliphatic rings. The fraction of sp³-hybridized carbons (Fsp3) is 0.421. The van der Waals surface area contributed by atoms with E-state index in [0.717, 1.165) is 43.7 Å². The predicted molar refractivity (Wildman–Crippen MR) is 93.7 cm³/mol. The molecule has 5 nitrogen and oxygen atoms in total. The van der Waals surface area contributed by atoms with Crippen LogP contribution in [-0.2, 0) is 24.3 Å². The number of benzene rings is 1. The average molecular weight is 327 g/mol. The predicted octanol–water partition coefficient (Wildman–Crippen LogP) is 3.03. The van der Waals surface area contributed by atoms with Gasteiger partial charge in [0.2, 0.25) is 0 Å². The Morgan fingerprint density at radius 2 is 2.21 bits per heavy atom. The lowest BCUT2D eigenvalue weighted by atomic mass is 10.0. The van der Waals surface area contributed by atoms with Gasteiger partial charge in [0, 0.05) is 31.4 Å². The molecule has 0 saturated carbocycles. The Hall–Kier alpha value is -2.11. The van der Waals surface area contributed by atoms with Crippen LogP contribution in [0.3, 0.4) is 0 Å². The van der Waals surface area contributed by atoms with Gasteiger partial charge in [-0.3, -0.25) is 4.90 Å². The zero-order chi connectivity index (χ0) is 16.8. The maximum absolute atomic E-state index is 10.1. The van der Waals surface area contributed by atoms with Crippen LogP contribution in [0.15, 0.2) is 43.4 Å². The molecular formula is C19H25N3O2. The quantitative estimate of drug-likeness (QED) is 0.768. The molecule has 0 spiro atoms. The standard InChI is InChI=1S/C19H25N3O2/c1-2-4-18-15(5-3-6-19(18)23)12-22-9-7-17(8-10-22)24-13-16-11-20-14-21-16/h2-3,5-6,11,14,17,23H,1,4,7-10,12-13H2,(H,20,21). The first-order valence-electron chi connectivity index (χ1n) is 8.48. The van der Waals surface area contributed by atoms with E-state index in [1.165, 1.54) is 5.56 Å². The zero-order valence-corrected chi connectivity index (χ0v) is 13.9. The maximum atomic E-state index is 10.1. The number of imidazole rings is 1. The highest BCUT2D eigenvalue weighted by Crippen LogP contribution is 2.25. The number of aromatic amines is 1. The summed E-state index contributed by atoms with van der Waals surface area (Å²) in [6.07, 6.45) is 8.45. The second-order valence-electron chi connectivity index (χ2n) is 6.25. The number of H-pyrrole nitrogens is 1. The third kappa shape index (κ3) is 4.24. The number of piperidine rings is 1. The van der Waals surface area contributed by atoms with Gasteiger partial charge in [0.1, 0.15) is 5.75 Å². The van der Waals surface area contributed by atoms with Crippen LogP contribution in [0.1, 0.15) is 29.7 Å². The topological polar surface area (TPSA) is 61.4 Å². The molecule has 0 atom stereocenters. The number of ether oxygens (including phenoxy) is 1. The molecule has 2 heterocycles. The van der Waals surface area contributed by atoms with E-state index in [0.29, 0.717) is 24.9 Å². The summed E-state index contributed by atoms with van der Waals surface area (Å²) in [7, 11) is 0. The third-order valence-electron chi connectivity index (χ3n) is 4.55. The van der Waals surface area contributed by atoms with Crippen LogP contribution in [0.25, 0.3) is 0 Å². The number of rotatable bonds is 7. The van der Waals surface area contributed by atoms with Crippen molar-refractivity contribution in [3.63, 3.8) is 0 Å². The van der Waals surface area contributed by atoms with Crippen molar-refractivity contribution in [2.45, 2.75) is 38.5 Å². The lowest BCUT2D eigenvalue weighted by Crippen LogP contribution is -2.36. The Balaban J connectivity index is 1.50. The molecule has 128 valence electrons. The molecule has 1 aromatic heterocycles. The number of phenolic OH excluding ortho intramolecular Hbond substituents is 1. The molecule has 0 radical (unpaired) electrons. The minimum absolute atomic E-state index is 0.301. The molecule has 0 aliphatic carbocycles. The first-order valence-corrected chi connectivity index (χ1v) is 8.48. The lowest BCUT2D eigenvalue weighted by Gasteiger charge is -2.32. The molecule has 1 aliphatic heterocycles. The smallest absolute Gasteiger partial charge is 0.119 e. The molecule has 1 aromatic carbocycles. The summed E-state index contributed by atoms with van der Waals surface area (Å²) in [5.41, 5.74) is 3.13. The van der Waals surface area contributed by atoms with Gasteiger partial charge < -0.3 is 14.8 Å². The van der Waals surface area contributed by atoms with E-state index in [-0.39, 0.29) is 0 Å². The van der Waals surface area contributed by atoms with E-state index in [4.69, 9.17) is 4.74 Å². The van der Waals surface area contributed by atoms with Crippen molar-refractivity contribution in [2.24, 2.45) is 0 Å². The SMILES string of the molecule is C=CCc1c(O)cccc1CN1CCC(OCc2c[nH]cn2)CC1. The van der Waals surface area contributed by atoms with Gasteiger partial charge >= 0.3 is 0 Å². The van der Waals surface area contributed by atoms with Gasteiger partial charge in [0.15, 0.2) is 0 Å². The molecule has 2 aromatic rings. The second-order valence-corrected chi connectivity index (χ2v) is 6.25. The highest BCUT2D eigenvalue weighted by molar-refractivity contribution is 5.40. The summed E-state index contributed by atoms with van der Waals surface area (Å²) < 4.78 is 5.94. The number of hydrogen-bond acceptors (Lipinski definition) is 4.